The minimum atomic E-state index is 0.326. The van der Waals surface area contributed by atoms with Crippen LogP contribution in [0.15, 0.2) is 54.6 Å². The normalized spacial score (nSPS) is 28.4. The molecular weight excluding hydrogens is 437 g/mol. The lowest BCUT2D eigenvalue weighted by molar-refractivity contribution is -0.0206. The zero-order valence-corrected chi connectivity index (χ0v) is 19.8. The Morgan fingerprint density at radius 3 is 2.28 bits per heavy atom. The lowest BCUT2D eigenvalue weighted by atomic mass is 9.53. The predicted octanol–water partition coefficient (Wildman–Crippen LogP) is 7.78. The molecule has 4 heteroatoms. The van der Waals surface area contributed by atoms with Crippen LogP contribution in [0.4, 0.5) is 0 Å². The third kappa shape index (κ3) is 3.91. The highest BCUT2D eigenvalue weighted by Crippen LogP contribution is 2.55. The highest BCUT2D eigenvalue weighted by Gasteiger charge is 2.50. The second kappa shape index (κ2) is 8.24. The number of fused-ring (bicyclic) bond motifs is 1. The van der Waals surface area contributed by atoms with Gasteiger partial charge in [-0.15, -0.1) is 0 Å². The molecule has 0 aromatic heterocycles. The van der Waals surface area contributed by atoms with Crippen molar-refractivity contribution >= 4 is 34.0 Å². The van der Waals surface area contributed by atoms with E-state index in [1.807, 2.05) is 18.2 Å². The largest absolute Gasteiger partial charge is 0.489 e. The van der Waals surface area contributed by atoms with Crippen LogP contribution in [0.3, 0.4) is 0 Å². The first-order valence-electron chi connectivity index (χ1n) is 11.9. The highest BCUT2D eigenvalue weighted by atomic mass is 35.5. The first-order valence-corrected chi connectivity index (χ1v) is 12.6. The van der Waals surface area contributed by atoms with Gasteiger partial charge in [0.1, 0.15) is 12.4 Å². The van der Waals surface area contributed by atoms with Gasteiger partial charge in [0.2, 0.25) is 0 Å². The average molecular weight is 466 g/mol. The van der Waals surface area contributed by atoms with Crippen LogP contribution >= 0.6 is 23.2 Å². The van der Waals surface area contributed by atoms with Crippen LogP contribution in [0, 0.1) is 17.8 Å². The van der Waals surface area contributed by atoms with Gasteiger partial charge < -0.3 is 10.1 Å². The van der Waals surface area contributed by atoms with Crippen LogP contribution in [-0.4, -0.2) is 5.54 Å². The molecule has 2 nitrogen and oxygen atoms in total. The van der Waals surface area contributed by atoms with Gasteiger partial charge in [-0.25, -0.2) is 0 Å². The second-order valence-electron chi connectivity index (χ2n) is 10.4. The number of rotatable bonds is 6. The fraction of sp³-hybridized carbons (Fsp3) is 0.429. The fourth-order valence-electron chi connectivity index (χ4n) is 7.03. The molecule has 0 heterocycles. The molecule has 4 fully saturated rings. The average Bonchev–Trinajstić information content (AvgIpc) is 2.77. The summed E-state index contributed by atoms with van der Waals surface area (Å²) in [6, 6.07) is 18.6. The van der Waals surface area contributed by atoms with Crippen molar-refractivity contribution < 1.29 is 4.74 Å². The summed E-state index contributed by atoms with van der Waals surface area (Å²) in [6.07, 6.45) is 8.45. The van der Waals surface area contributed by atoms with E-state index in [4.69, 9.17) is 27.9 Å². The van der Waals surface area contributed by atoms with E-state index in [1.54, 1.807) is 0 Å². The van der Waals surface area contributed by atoms with Crippen LogP contribution < -0.4 is 10.1 Å². The first kappa shape index (κ1) is 20.8. The van der Waals surface area contributed by atoms with Gasteiger partial charge in [0.25, 0.3) is 0 Å². The molecule has 0 spiro atoms. The quantitative estimate of drug-likeness (QED) is 0.400. The second-order valence-corrected chi connectivity index (χ2v) is 11.2. The first-order chi connectivity index (χ1) is 15.6. The van der Waals surface area contributed by atoms with Crippen molar-refractivity contribution in [1.82, 2.24) is 5.32 Å². The van der Waals surface area contributed by atoms with Crippen molar-refractivity contribution in [2.45, 2.75) is 57.2 Å². The van der Waals surface area contributed by atoms with Gasteiger partial charge in [-0.1, -0.05) is 59.6 Å². The molecule has 0 unspecified atom stereocenters. The third-order valence-electron chi connectivity index (χ3n) is 8.05. The van der Waals surface area contributed by atoms with E-state index in [0.29, 0.717) is 22.2 Å². The van der Waals surface area contributed by atoms with Crippen LogP contribution in [0.5, 0.6) is 5.75 Å². The number of hydrogen-bond donors (Lipinski definition) is 1. The van der Waals surface area contributed by atoms with Crippen LogP contribution in [0.2, 0.25) is 10.0 Å². The topological polar surface area (TPSA) is 21.3 Å². The summed E-state index contributed by atoms with van der Waals surface area (Å²) < 4.78 is 6.36. The van der Waals surface area contributed by atoms with Gasteiger partial charge in [0.05, 0.1) is 10.0 Å². The van der Waals surface area contributed by atoms with Crippen molar-refractivity contribution in [3.05, 3.63) is 75.8 Å². The molecule has 0 amide bonds. The number of benzene rings is 3. The zero-order chi connectivity index (χ0) is 21.7. The maximum absolute atomic E-state index is 6.36. The molecule has 0 aliphatic heterocycles. The van der Waals surface area contributed by atoms with Crippen LogP contribution in [0.1, 0.15) is 49.7 Å². The van der Waals surface area contributed by atoms with Gasteiger partial charge >= 0.3 is 0 Å². The van der Waals surface area contributed by atoms with E-state index in [1.165, 1.54) is 54.9 Å². The smallest absolute Gasteiger partial charge is 0.124 e. The minimum Gasteiger partial charge on any atom is -0.489 e. The Kier molecular flexibility index (Phi) is 5.36. The lowest BCUT2D eigenvalue weighted by Gasteiger charge is -2.57. The summed E-state index contributed by atoms with van der Waals surface area (Å²) in [4.78, 5) is 0. The van der Waals surface area contributed by atoms with Crippen molar-refractivity contribution in [3.63, 3.8) is 0 Å². The Hall–Kier alpha value is -1.74. The Morgan fingerprint density at radius 2 is 1.56 bits per heavy atom. The Balaban J connectivity index is 1.27. The lowest BCUT2D eigenvalue weighted by Crippen LogP contribution is -2.58. The Labute approximate surface area is 200 Å². The molecule has 4 bridgehead atoms. The summed E-state index contributed by atoms with van der Waals surface area (Å²) in [7, 11) is 0. The van der Waals surface area contributed by atoms with E-state index in [0.717, 1.165) is 35.6 Å². The Morgan fingerprint density at radius 1 is 0.844 bits per heavy atom. The molecule has 0 saturated heterocycles. The van der Waals surface area contributed by atoms with Crippen molar-refractivity contribution in [2.24, 2.45) is 17.8 Å². The maximum Gasteiger partial charge on any atom is 0.124 e. The summed E-state index contributed by atoms with van der Waals surface area (Å²) in [6.45, 7) is 1.32. The van der Waals surface area contributed by atoms with E-state index < -0.39 is 0 Å². The zero-order valence-electron chi connectivity index (χ0n) is 18.2. The summed E-state index contributed by atoms with van der Waals surface area (Å²) in [5.41, 5.74) is 2.61. The standard InChI is InChI=1S/C28H29Cl2NO/c29-25-7-5-18(12-26(25)30)17-32-27-8-6-22-3-1-2-4-23(22)24(27)16-31-28-13-19-9-20(14-28)11-21(10-19)15-28/h1-8,12,19-21,31H,9-11,13-17H2. The van der Waals surface area contributed by atoms with Crippen LogP contribution in [-0.2, 0) is 13.2 Å². The maximum atomic E-state index is 6.36. The molecule has 4 aliphatic carbocycles. The van der Waals surface area contributed by atoms with Crippen molar-refractivity contribution in [3.8, 4) is 5.75 Å². The molecule has 1 N–H and O–H groups in total. The highest BCUT2D eigenvalue weighted by molar-refractivity contribution is 6.42. The molecule has 32 heavy (non-hydrogen) atoms. The van der Waals surface area contributed by atoms with Crippen LogP contribution in [0.25, 0.3) is 10.8 Å². The molecule has 166 valence electrons. The van der Waals surface area contributed by atoms with Gasteiger partial charge in [-0.05, 0) is 90.8 Å². The van der Waals surface area contributed by atoms with Gasteiger partial charge in [0, 0.05) is 17.6 Å². The number of halogens is 2. The molecule has 3 aromatic rings. The molecule has 0 atom stereocenters. The van der Waals surface area contributed by atoms with E-state index in [-0.39, 0.29) is 0 Å². The fourth-order valence-corrected chi connectivity index (χ4v) is 7.35. The SMILES string of the molecule is Clc1ccc(COc2ccc3ccccc3c2CNC23CC4CC(CC(C4)C2)C3)cc1Cl. The van der Waals surface area contributed by atoms with Crippen molar-refractivity contribution in [2.75, 3.05) is 0 Å². The van der Waals surface area contributed by atoms with E-state index >= 15 is 0 Å². The number of nitrogens with one attached hydrogen (secondary N) is 1. The van der Waals surface area contributed by atoms with Crippen molar-refractivity contribution in [1.29, 1.82) is 0 Å². The number of ether oxygens (including phenoxy) is 1. The molecule has 4 aliphatic rings. The monoisotopic (exact) mass is 465 g/mol. The Bertz CT molecular complexity index is 1120. The predicted molar refractivity (Wildman–Crippen MR) is 132 cm³/mol. The minimum absolute atomic E-state index is 0.326. The summed E-state index contributed by atoms with van der Waals surface area (Å²) in [5.74, 6) is 3.76. The third-order valence-corrected chi connectivity index (χ3v) is 8.79. The molecule has 0 radical (unpaired) electrons. The molecule has 4 saturated carbocycles. The molecule has 3 aromatic carbocycles. The van der Waals surface area contributed by atoms with Gasteiger partial charge in [-0.2, -0.15) is 0 Å². The van der Waals surface area contributed by atoms with E-state index in [2.05, 4.69) is 41.7 Å². The molecular formula is C28H29Cl2NO. The summed E-state index contributed by atoms with van der Waals surface area (Å²) >= 11 is 12.3. The summed E-state index contributed by atoms with van der Waals surface area (Å²) in [5, 5.41) is 7.74. The number of hydrogen-bond acceptors (Lipinski definition) is 2. The van der Waals surface area contributed by atoms with E-state index in [9.17, 15) is 0 Å². The van der Waals surface area contributed by atoms with Gasteiger partial charge in [-0.3, -0.25) is 0 Å². The van der Waals surface area contributed by atoms with Gasteiger partial charge in [0.15, 0.2) is 0 Å². The molecule has 7 rings (SSSR count).